The molecule has 5 nitrogen and oxygen atoms in total. The van der Waals surface area contributed by atoms with Gasteiger partial charge >= 0.3 is 0 Å². The molecular formula is C14H17F2N3O2. The van der Waals surface area contributed by atoms with E-state index in [9.17, 15) is 18.4 Å². The Morgan fingerprint density at radius 2 is 1.71 bits per heavy atom. The van der Waals surface area contributed by atoms with Crippen molar-refractivity contribution in [3.05, 3.63) is 29.8 Å². The van der Waals surface area contributed by atoms with Crippen LogP contribution >= 0.6 is 0 Å². The monoisotopic (exact) mass is 297 g/mol. The standard InChI is InChI=1S/C14H17F2N3O2/c15-10-4-3-5-11(16)14(10)18-12(20)8-17-9-13(21)19-6-1-2-7-19/h3-5,17H,1-2,6-9H2,(H,18,20). The van der Waals surface area contributed by atoms with Gasteiger partial charge in [-0.15, -0.1) is 0 Å². The maximum absolute atomic E-state index is 13.3. The van der Waals surface area contributed by atoms with Crippen molar-refractivity contribution in [3.63, 3.8) is 0 Å². The van der Waals surface area contributed by atoms with Crippen LogP contribution < -0.4 is 10.6 Å². The zero-order chi connectivity index (χ0) is 15.2. The average molecular weight is 297 g/mol. The number of likely N-dealkylation sites (tertiary alicyclic amines) is 1. The molecule has 0 radical (unpaired) electrons. The summed E-state index contributed by atoms with van der Waals surface area (Å²) >= 11 is 0. The number of benzene rings is 1. The van der Waals surface area contributed by atoms with Crippen LogP contribution in [0.25, 0.3) is 0 Å². The third-order valence-corrected chi connectivity index (χ3v) is 3.25. The first-order chi connectivity index (χ1) is 10.1. The Morgan fingerprint density at radius 3 is 2.33 bits per heavy atom. The van der Waals surface area contributed by atoms with Crippen molar-refractivity contribution >= 4 is 17.5 Å². The number of rotatable bonds is 5. The van der Waals surface area contributed by atoms with Gasteiger partial charge in [-0.25, -0.2) is 8.78 Å². The Balaban J connectivity index is 1.76. The maximum Gasteiger partial charge on any atom is 0.238 e. The SMILES string of the molecule is O=C(CNCC(=O)N1CCCC1)Nc1c(F)cccc1F. The molecule has 1 heterocycles. The highest BCUT2D eigenvalue weighted by Gasteiger charge is 2.17. The van der Waals surface area contributed by atoms with E-state index in [1.807, 2.05) is 0 Å². The molecule has 1 fully saturated rings. The summed E-state index contributed by atoms with van der Waals surface area (Å²) in [7, 11) is 0. The Kier molecular flexibility index (Phi) is 5.21. The van der Waals surface area contributed by atoms with Gasteiger partial charge in [-0.3, -0.25) is 14.9 Å². The highest BCUT2D eigenvalue weighted by molar-refractivity contribution is 5.92. The predicted octanol–water partition coefficient (Wildman–Crippen LogP) is 1.12. The van der Waals surface area contributed by atoms with E-state index >= 15 is 0 Å². The first-order valence-corrected chi connectivity index (χ1v) is 6.80. The molecule has 2 N–H and O–H groups in total. The van der Waals surface area contributed by atoms with E-state index in [0.717, 1.165) is 38.1 Å². The lowest BCUT2D eigenvalue weighted by Crippen LogP contribution is -2.39. The van der Waals surface area contributed by atoms with Crippen molar-refractivity contribution < 1.29 is 18.4 Å². The smallest absolute Gasteiger partial charge is 0.238 e. The number of anilines is 1. The lowest BCUT2D eigenvalue weighted by Gasteiger charge is -2.15. The highest BCUT2D eigenvalue weighted by Crippen LogP contribution is 2.17. The molecular weight excluding hydrogens is 280 g/mol. The molecule has 0 bridgehead atoms. The summed E-state index contributed by atoms with van der Waals surface area (Å²) in [5.74, 6) is -2.35. The van der Waals surface area contributed by atoms with Crippen LogP contribution in [0.15, 0.2) is 18.2 Å². The van der Waals surface area contributed by atoms with Crippen LogP contribution in [-0.2, 0) is 9.59 Å². The third-order valence-electron chi connectivity index (χ3n) is 3.25. The molecule has 7 heteroatoms. The summed E-state index contributed by atoms with van der Waals surface area (Å²) < 4.78 is 26.7. The number of amides is 2. The van der Waals surface area contributed by atoms with Gasteiger partial charge in [-0.05, 0) is 25.0 Å². The molecule has 1 aromatic carbocycles. The molecule has 1 aliphatic rings. The molecule has 0 aromatic heterocycles. The van der Waals surface area contributed by atoms with Gasteiger partial charge in [-0.1, -0.05) is 6.07 Å². The fraction of sp³-hybridized carbons (Fsp3) is 0.429. The molecule has 1 saturated heterocycles. The van der Waals surface area contributed by atoms with Gasteiger partial charge in [0.2, 0.25) is 11.8 Å². The van der Waals surface area contributed by atoms with Crippen LogP contribution in [0.1, 0.15) is 12.8 Å². The van der Waals surface area contributed by atoms with Crippen molar-refractivity contribution in [2.75, 3.05) is 31.5 Å². The molecule has 1 aliphatic heterocycles. The average Bonchev–Trinajstić information content (AvgIpc) is 2.97. The summed E-state index contributed by atoms with van der Waals surface area (Å²) in [6, 6.07) is 3.33. The minimum atomic E-state index is -0.837. The molecule has 21 heavy (non-hydrogen) atoms. The zero-order valence-electron chi connectivity index (χ0n) is 11.5. The summed E-state index contributed by atoms with van der Waals surface area (Å²) in [6.07, 6.45) is 2.00. The number of carbonyl (C=O) groups excluding carboxylic acids is 2. The minimum absolute atomic E-state index is 0.0349. The second-order valence-electron chi connectivity index (χ2n) is 4.84. The van der Waals surface area contributed by atoms with Crippen LogP contribution in [-0.4, -0.2) is 42.9 Å². The van der Waals surface area contributed by atoms with Gasteiger partial charge in [0.25, 0.3) is 0 Å². The molecule has 0 saturated carbocycles. The predicted molar refractivity (Wildman–Crippen MR) is 73.7 cm³/mol. The van der Waals surface area contributed by atoms with E-state index in [-0.39, 0.29) is 19.0 Å². The Labute approximate surface area is 121 Å². The van der Waals surface area contributed by atoms with Crippen molar-refractivity contribution in [1.29, 1.82) is 0 Å². The number of nitrogens with zero attached hydrogens (tertiary/aromatic N) is 1. The molecule has 2 rings (SSSR count). The van der Waals surface area contributed by atoms with Gasteiger partial charge in [0.1, 0.15) is 17.3 Å². The Morgan fingerprint density at radius 1 is 1.10 bits per heavy atom. The molecule has 1 aromatic rings. The van der Waals surface area contributed by atoms with E-state index in [1.54, 1.807) is 4.90 Å². The van der Waals surface area contributed by atoms with Crippen molar-refractivity contribution in [2.45, 2.75) is 12.8 Å². The second-order valence-corrected chi connectivity index (χ2v) is 4.84. The summed E-state index contributed by atoms with van der Waals surface area (Å²) in [6.45, 7) is 1.33. The Hall–Kier alpha value is -2.02. The number of halogens is 2. The molecule has 0 aliphatic carbocycles. The fourth-order valence-corrected chi connectivity index (χ4v) is 2.16. The lowest BCUT2D eigenvalue weighted by molar-refractivity contribution is -0.129. The first-order valence-electron chi connectivity index (χ1n) is 6.80. The van der Waals surface area contributed by atoms with Crippen LogP contribution in [0.2, 0.25) is 0 Å². The van der Waals surface area contributed by atoms with Crippen LogP contribution in [0.5, 0.6) is 0 Å². The molecule has 2 amide bonds. The molecule has 0 unspecified atom stereocenters. The van der Waals surface area contributed by atoms with Crippen molar-refractivity contribution in [3.8, 4) is 0 Å². The van der Waals surface area contributed by atoms with Gasteiger partial charge < -0.3 is 10.2 Å². The first kappa shape index (κ1) is 15.4. The van der Waals surface area contributed by atoms with E-state index in [2.05, 4.69) is 10.6 Å². The number of hydrogen-bond acceptors (Lipinski definition) is 3. The van der Waals surface area contributed by atoms with Crippen molar-refractivity contribution in [2.24, 2.45) is 0 Å². The normalized spacial score (nSPS) is 14.3. The quantitative estimate of drug-likeness (QED) is 0.856. The number of hydrogen-bond donors (Lipinski definition) is 2. The maximum atomic E-state index is 13.3. The fourth-order valence-electron chi connectivity index (χ4n) is 2.16. The van der Waals surface area contributed by atoms with E-state index in [1.165, 1.54) is 6.07 Å². The molecule has 0 spiro atoms. The Bertz CT molecular complexity index is 511. The summed E-state index contributed by atoms with van der Waals surface area (Å²) in [5, 5.41) is 4.82. The van der Waals surface area contributed by atoms with Crippen molar-refractivity contribution in [1.82, 2.24) is 10.2 Å². The minimum Gasteiger partial charge on any atom is -0.342 e. The topological polar surface area (TPSA) is 61.4 Å². The van der Waals surface area contributed by atoms with Gasteiger partial charge in [-0.2, -0.15) is 0 Å². The molecule has 114 valence electrons. The summed E-state index contributed by atoms with van der Waals surface area (Å²) in [4.78, 5) is 25.0. The number of para-hydroxylation sites is 1. The highest BCUT2D eigenvalue weighted by atomic mass is 19.1. The van der Waals surface area contributed by atoms with Crippen LogP contribution in [0.4, 0.5) is 14.5 Å². The van der Waals surface area contributed by atoms with Gasteiger partial charge in [0.05, 0.1) is 13.1 Å². The lowest BCUT2D eigenvalue weighted by atomic mass is 10.3. The zero-order valence-corrected chi connectivity index (χ0v) is 11.5. The van der Waals surface area contributed by atoms with E-state index in [0.29, 0.717) is 0 Å². The third kappa shape index (κ3) is 4.22. The van der Waals surface area contributed by atoms with E-state index < -0.39 is 23.2 Å². The summed E-state index contributed by atoms with van der Waals surface area (Å²) in [5.41, 5.74) is -0.477. The largest absolute Gasteiger partial charge is 0.342 e. The van der Waals surface area contributed by atoms with Gasteiger partial charge in [0.15, 0.2) is 0 Å². The second kappa shape index (κ2) is 7.12. The van der Waals surface area contributed by atoms with Gasteiger partial charge in [0, 0.05) is 13.1 Å². The molecule has 0 atom stereocenters. The van der Waals surface area contributed by atoms with Crippen LogP contribution in [0.3, 0.4) is 0 Å². The number of carbonyl (C=O) groups is 2. The number of nitrogens with one attached hydrogen (secondary N) is 2. The van der Waals surface area contributed by atoms with E-state index in [4.69, 9.17) is 0 Å². The van der Waals surface area contributed by atoms with Crippen LogP contribution in [0, 0.1) is 11.6 Å².